The fraction of sp³-hybridized carbons (Fsp3) is 0.714. The number of piperidine rings is 1. The summed E-state index contributed by atoms with van der Waals surface area (Å²) in [6, 6.07) is 0.831. The zero-order valence-electron chi connectivity index (χ0n) is 12.7. The molecule has 3 rings (SSSR count). The van der Waals surface area contributed by atoms with Crippen molar-refractivity contribution >= 4 is 11.7 Å². The highest BCUT2D eigenvalue weighted by atomic mass is 16.2. The lowest BCUT2D eigenvalue weighted by molar-refractivity contribution is 0.0891. The maximum Gasteiger partial charge on any atom is 0.287 e. The van der Waals surface area contributed by atoms with Crippen LogP contribution in [-0.2, 0) is 6.54 Å². The Bertz CT molecular complexity index is 480. The molecule has 1 aromatic heterocycles. The van der Waals surface area contributed by atoms with Crippen LogP contribution in [0.3, 0.4) is 0 Å². The third-order valence-electron chi connectivity index (χ3n) is 4.27. The number of fused-ring (bicyclic) bond motifs is 1. The molecule has 0 bridgehead atoms. The van der Waals surface area contributed by atoms with Gasteiger partial charge < -0.3 is 20.5 Å². The Morgan fingerprint density at radius 1 is 1.38 bits per heavy atom. The van der Waals surface area contributed by atoms with Gasteiger partial charge in [0, 0.05) is 31.7 Å². The molecule has 4 N–H and O–H groups in total. The molecule has 1 aromatic rings. The van der Waals surface area contributed by atoms with Crippen molar-refractivity contribution in [2.75, 3.05) is 25.1 Å². The lowest BCUT2D eigenvalue weighted by Gasteiger charge is -2.34. The van der Waals surface area contributed by atoms with Crippen LogP contribution in [0.15, 0.2) is 0 Å². The number of H-pyrrole nitrogens is 1. The fourth-order valence-corrected chi connectivity index (χ4v) is 2.94. The molecule has 0 unspecified atom stereocenters. The van der Waals surface area contributed by atoms with Crippen LogP contribution in [0, 0.1) is 0 Å². The Kier molecular flexibility index (Phi) is 4.12. The lowest BCUT2D eigenvalue weighted by Crippen LogP contribution is -2.46. The minimum Gasteiger partial charge on any atom is -0.356 e. The quantitative estimate of drug-likeness (QED) is 0.651. The molecular weight excluding hydrogens is 268 g/mol. The summed E-state index contributed by atoms with van der Waals surface area (Å²) in [5, 5.41) is 9.39. The Hall–Kier alpha value is -1.60. The predicted molar refractivity (Wildman–Crippen MR) is 81.1 cm³/mol. The SMILES string of the molecule is CC(C)N1CCC(NC(=O)c2nc3c([nH]2)CNCN3)CC1. The van der Waals surface area contributed by atoms with E-state index >= 15 is 0 Å². The van der Waals surface area contributed by atoms with Crippen molar-refractivity contribution in [3.05, 3.63) is 11.5 Å². The lowest BCUT2D eigenvalue weighted by atomic mass is 10.0. The number of amides is 1. The molecule has 1 fully saturated rings. The van der Waals surface area contributed by atoms with E-state index in [0.717, 1.165) is 44.0 Å². The van der Waals surface area contributed by atoms with Crippen LogP contribution in [0.2, 0.25) is 0 Å². The number of hydrogen-bond donors (Lipinski definition) is 4. The van der Waals surface area contributed by atoms with E-state index in [-0.39, 0.29) is 11.9 Å². The second kappa shape index (κ2) is 6.03. The molecule has 21 heavy (non-hydrogen) atoms. The van der Waals surface area contributed by atoms with Gasteiger partial charge in [0.1, 0.15) is 0 Å². The van der Waals surface area contributed by atoms with E-state index in [4.69, 9.17) is 0 Å². The second-order valence-corrected chi connectivity index (χ2v) is 6.07. The largest absolute Gasteiger partial charge is 0.356 e. The average Bonchev–Trinajstić information content (AvgIpc) is 2.92. The van der Waals surface area contributed by atoms with Gasteiger partial charge in [0.25, 0.3) is 5.91 Å². The molecule has 0 radical (unpaired) electrons. The summed E-state index contributed by atoms with van der Waals surface area (Å²) >= 11 is 0. The number of rotatable bonds is 3. The second-order valence-electron chi connectivity index (χ2n) is 6.07. The van der Waals surface area contributed by atoms with Crippen molar-refractivity contribution in [1.82, 2.24) is 25.5 Å². The van der Waals surface area contributed by atoms with Gasteiger partial charge in [-0.1, -0.05) is 0 Å². The normalized spacial score (nSPS) is 20.1. The van der Waals surface area contributed by atoms with Crippen LogP contribution in [0.25, 0.3) is 0 Å². The Morgan fingerprint density at radius 3 is 2.81 bits per heavy atom. The van der Waals surface area contributed by atoms with Gasteiger partial charge in [-0.25, -0.2) is 4.98 Å². The minimum atomic E-state index is -0.103. The first-order valence-corrected chi connectivity index (χ1v) is 7.72. The van der Waals surface area contributed by atoms with Crippen LogP contribution in [0.5, 0.6) is 0 Å². The topological polar surface area (TPSA) is 85.1 Å². The number of carbonyl (C=O) groups is 1. The van der Waals surface area contributed by atoms with Crippen LogP contribution < -0.4 is 16.0 Å². The maximum absolute atomic E-state index is 12.3. The van der Waals surface area contributed by atoms with Gasteiger partial charge in [0.2, 0.25) is 0 Å². The van der Waals surface area contributed by atoms with Gasteiger partial charge >= 0.3 is 0 Å². The van der Waals surface area contributed by atoms with Crippen LogP contribution in [0.1, 0.15) is 43.0 Å². The zero-order chi connectivity index (χ0) is 14.8. The molecule has 0 aromatic carbocycles. The number of nitrogens with zero attached hydrogens (tertiary/aromatic N) is 2. The highest BCUT2D eigenvalue weighted by Crippen LogP contribution is 2.16. The summed E-state index contributed by atoms with van der Waals surface area (Å²) in [4.78, 5) is 22.1. The van der Waals surface area contributed by atoms with E-state index in [1.807, 2.05) is 0 Å². The number of anilines is 1. The number of aromatic amines is 1. The highest BCUT2D eigenvalue weighted by Gasteiger charge is 2.24. The molecule has 116 valence electrons. The summed E-state index contributed by atoms with van der Waals surface area (Å²) in [6.07, 6.45) is 2.01. The average molecular weight is 292 g/mol. The summed E-state index contributed by atoms with van der Waals surface area (Å²) in [5.74, 6) is 1.09. The van der Waals surface area contributed by atoms with E-state index in [0.29, 0.717) is 18.5 Å². The van der Waals surface area contributed by atoms with Gasteiger partial charge in [-0.2, -0.15) is 0 Å². The first-order chi connectivity index (χ1) is 10.1. The predicted octanol–water partition coefficient (Wildman–Crippen LogP) is 0.485. The first-order valence-electron chi connectivity index (χ1n) is 7.72. The third kappa shape index (κ3) is 3.19. The Morgan fingerprint density at radius 2 is 2.14 bits per heavy atom. The van der Waals surface area contributed by atoms with E-state index in [1.54, 1.807) is 0 Å². The summed E-state index contributed by atoms with van der Waals surface area (Å²) in [5.41, 5.74) is 0.945. The molecule has 2 aliphatic heterocycles. The number of likely N-dealkylation sites (tertiary alicyclic amines) is 1. The summed E-state index contributed by atoms with van der Waals surface area (Å²) in [7, 11) is 0. The van der Waals surface area contributed by atoms with Gasteiger partial charge in [0.15, 0.2) is 11.6 Å². The van der Waals surface area contributed by atoms with Crippen molar-refractivity contribution in [1.29, 1.82) is 0 Å². The molecule has 7 nitrogen and oxygen atoms in total. The molecule has 0 saturated carbocycles. The van der Waals surface area contributed by atoms with Crippen molar-refractivity contribution in [3.8, 4) is 0 Å². The van der Waals surface area contributed by atoms with E-state index in [1.165, 1.54) is 0 Å². The molecule has 1 saturated heterocycles. The van der Waals surface area contributed by atoms with E-state index in [9.17, 15) is 4.79 Å². The van der Waals surface area contributed by atoms with E-state index in [2.05, 4.69) is 44.7 Å². The smallest absolute Gasteiger partial charge is 0.287 e. The number of carbonyl (C=O) groups excluding carboxylic acids is 1. The molecule has 7 heteroatoms. The monoisotopic (exact) mass is 292 g/mol. The van der Waals surface area contributed by atoms with Gasteiger partial charge in [-0.05, 0) is 26.7 Å². The maximum atomic E-state index is 12.3. The van der Waals surface area contributed by atoms with Crippen molar-refractivity contribution in [3.63, 3.8) is 0 Å². The Labute approximate surface area is 124 Å². The van der Waals surface area contributed by atoms with Gasteiger partial charge in [0.05, 0.1) is 12.4 Å². The summed E-state index contributed by atoms with van der Waals surface area (Å²) < 4.78 is 0. The molecule has 0 spiro atoms. The zero-order valence-corrected chi connectivity index (χ0v) is 12.7. The third-order valence-corrected chi connectivity index (χ3v) is 4.27. The van der Waals surface area contributed by atoms with Crippen LogP contribution in [-0.4, -0.2) is 52.6 Å². The fourth-order valence-electron chi connectivity index (χ4n) is 2.94. The van der Waals surface area contributed by atoms with Crippen molar-refractivity contribution in [2.24, 2.45) is 0 Å². The van der Waals surface area contributed by atoms with Crippen molar-refractivity contribution < 1.29 is 4.79 Å². The number of nitrogens with one attached hydrogen (secondary N) is 4. The standard InChI is InChI=1S/C14H24N6O/c1-9(2)20-5-3-10(4-6-20)17-14(21)13-18-11-7-15-8-16-12(11)19-13/h9-10,15-16H,3-8H2,1-2H3,(H,17,21)(H,18,19). The number of hydrogen-bond acceptors (Lipinski definition) is 5. The Balaban J connectivity index is 1.56. The molecule has 1 amide bonds. The van der Waals surface area contributed by atoms with Gasteiger partial charge in [-0.15, -0.1) is 0 Å². The van der Waals surface area contributed by atoms with Crippen LogP contribution in [0.4, 0.5) is 5.82 Å². The highest BCUT2D eigenvalue weighted by molar-refractivity contribution is 5.91. The van der Waals surface area contributed by atoms with Crippen LogP contribution >= 0.6 is 0 Å². The minimum absolute atomic E-state index is 0.103. The number of imidazole rings is 1. The summed E-state index contributed by atoms with van der Waals surface area (Å²) in [6.45, 7) is 7.92. The molecule has 0 aliphatic carbocycles. The van der Waals surface area contributed by atoms with E-state index < -0.39 is 0 Å². The molecule has 2 aliphatic rings. The molecule has 3 heterocycles. The van der Waals surface area contributed by atoms with Crippen molar-refractivity contribution in [2.45, 2.75) is 45.3 Å². The number of aromatic nitrogens is 2. The molecular formula is C14H24N6O. The molecule has 0 atom stereocenters. The first kappa shape index (κ1) is 14.3. The van der Waals surface area contributed by atoms with Gasteiger partial charge in [-0.3, -0.25) is 10.1 Å².